The van der Waals surface area contributed by atoms with Crippen LogP contribution in [0.3, 0.4) is 0 Å². The highest BCUT2D eigenvalue weighted by Gasteiger charge is 1.96. The number of rotatable bonds is 0. The number of hydrogen-bond acceptors (Lipinski definition) is 1. The van der Waals surface area contributed by atoms with Crippen molar-refractivity contribution in [3.8, 4) is 0 Å². The lowest BCUT2D eigenvalue weighted by Gasteiger charge is -1.82. The molecule has 7 heavy (non-hydrogen) atoms. The maximum absolute atomic E-state index is 4.02. The molecule has 0 heterocycles. The van der Waals surface area contributed by atoms with Gasteiger partial charge in [0.15, 0.2) is 0 Å². The number of allylic oxidation sites excluding steroid dienone is 2. The second kappa shape index (κ2) is 1.92. The van der Waals surface area contributed by atoms with Crippen molar-refractivity contribution in [2.24, 2.45) is 4.99 Å². The van der Waals surface area contributed by atoms with Crippen LogP contribution in [0, 0.1) is 0 Å². The van der Waals surface area contributed by atoms with Gasteiger partial charge in [-0.05, 0) is 18.9 Å². The van der Waals surface area contributed by atoms with Gasteiger partial charge in [0, 0.05) is 12.8 Å². The van der Waals surface area contributed by atoms with Crippen LogP contribution in [-0.2, 0) is 0 Å². The first-order chi connectivity index (χ1) is 3.43. The topological polar surface area (TPSA) is 12.4 Å². The molecular weight excluding hydrogens is 86.1 g/mol. The summed E-state index contributed by atoms with van der Waals surface area (Å²) in [7, 11) is 1.84. The van der Waals surface area contributed by atoms with Crippen molar-refractivity contribution < 1.29 is 0 Å². The number of nitrogens with zero attached hydrogens (tertiary/aromatic N) is 1. The zero-order valence-corrected chi connectivity index (χ0v) is 4.52. The van der Waals surface area contributed by atoms with E-state index in [0.717, 1.165) is 6.42 Å². The molecular formula is C6H9N. The average Bonchev–Trinajstić information content (AvgIpc) is 2.14. The quantitative estimate of drug-likeness (QED) is 0.431. The summed E-state index contributed by atoms with van der Waals surface area (Å²) in [5.74, 6) is 0. The average molecular weight is 95.1 g/mol. The summed E-state index contributed by atoms with van der Waals surface area (Å²) in [5, 5.41) is 0. The zero-order chi connectivity index (χ0) is 5.11. The Morgan fingerprint density at radius 1 is 1.71 bits per heavy atom. The molecule has 0 aliphatic heterocycles. The molecule has 0 saturated heterocycles. The molecule has 0 atom stereocenters. The highest BCUT2D eigenvalue weighted by Crippen LogP contribution is 2.03. The van der Waals surface area contributed by atoms with Gasteiger partial charge >= 0.3 is 0 Å². The van der Waals surface area contributed by atoms with Crippen molar-refractivity contribution in [3.05, 3.63) is 12.2 Å². The normalized spacial score (nSPS) is 24.4. The van der Waals surface area contributed by atoms with E-state index < -0.39 is 0 Å². The largest absolute Gasteiger partial charge is 0.293 e. The van der Waals surface area contributed by atoms with E-state index in [9.17, 15) is 0 Å². The number of aliphatic imine (C=N–C) groups is 1. The van der Waals surface area contributed by atoms with E-state index in [0.29, 0.717) is 0 Å². The highest BCUT2D eigenvalue weighted by molar-refractivity contribution is 5.96. The van der Waals surface area contributed by atoms with E-state index >= 15 is 0 Å². The summed E-state index contributed by atoms with van der Waals surface area (Å²) < 4.78 is 0. The monoisotopic (exact) mass is 95.1 g/mol. The Kier molecular flexibility index (Phi) is 1.25. The van der Waals surface area contributed by atoms with Gasteiger partial charge in [0.2, 0.25) is 0 Å². The SMILES string of the molecule is CN=C1C=CCC1. The van der Waals surface area contributed by atoms with Crippen molar-refractivity contribution in [3.63, 3.8) is 0 Å². The van der Waals surface area contributed by atoms with Crippen molar-refractivity contribution >= 4 is 5.71 Å². The second-order valence-corrected chi connectivity index (χ2v) is 1.66. The van der Waals surface area contributed by atoms with E-state index in [2.05, 4.69) is 17.1 Å². The standard InChI is InChI=1S/C6H9N/c1-7-6-4-2-3-5-6/h2,4H,3,5H2,1H3. The zero-order valence-electron chi connectivity index (χ0n) is 4.52. The summed E-state index contributed by atoms with van der Waals surface area (Å²) in [6.45, 7) is 0. The molecule has 0 unspecified atom stereocenters. The molecule has 0 fully saturated rings. The molecule has 1 aliphatic carbocycles. The van der Waals surface area contributed by atoms with Gasteiger partial charge < -0.3 is 0 Å². The Morgan fingerprint density at radius 3 is 2.86 bits per heavy atom. The molecule has 1 aliphatic rings. The van der Waals surface area contributed by atoms with Crippen LogP contribution in [0.2, 0.25) is 0 Å². The van der Waals surface area contributed by atoms with Crippen LogP contribution in [0.5, 0.6) is 0 Å². The fourth-order valence-corrected chi connectivity index (χ4v) is 0.720. The van der Waals surface area contributed by atoms with E-state index in [-0.39, 0.29) is 0 Å². The molecule has 0 aromatic carbocycles. The Balaban J connectivity index is 2.59. The van der Waals surface area contributed by atoms with E-state index in [4.69, 9.17) is 0 Å². The second-order valence-electron chi connectivity index (χ2n) is 1.66. The maximum Gasteiger partial charge on any atom is 0.0344 e. The Morgan fingerprint density at radius 2 is 2.57 bits per heavy atom. The summed E-state index contributed by atoms with van der Waals surface area (Å²) in [5.41, 5.74) is 1.24. The first-order valence-corrected chi connectivity index (χ1v) is 2.55. The highest BCUT2D eigenvalue weighted by atomic mass is 14.7. The molecule has 0 amide bonds. The van der Waals surface area contributed by atoms with Crippen molar-refractivity contribution in [2.45, 2.75) is 12.8 Å². The molecule has 1 rings (SSSR count). The molecule has 0 aromatic rings. The van der Waals surface area contributed by atoms with Crippen LogP contribution in [0.15, 0.2) is 17.1 Å². The Hall–Kier alpha value is -0.590. The van der Waals surface area contributed by atoms with Gasteiger partial charge in [-0.2, -0.15) is 0 Å². The molecule has 0 radical (unpaired) electrons. The van der Waals surface area contributed by atoms with Gasteiger partial charge in [0.05, 0.1) is 0 Å². The van der Waals surface area contributed by atoms with E-state index in [1.54, 1.807) is 0 Å². The lowest BCUT2D eigenvalue weighted by molar-refractivity contribution is 1.13. The van der Waals surface area contributed by atoms with Crippen LogP contribution < -0.4 is 0 Å². The number of hydrogen-bond donors (Lipinski definition) is 0. The van der Waals surface area contributed by atoms with Crippen LogP contribution in [0.1, 0.15) is 12.8 Å². The summed E-state index contributed by atoms with van der Waals surface area (Å²) in [6.07, 6.45) is 6.57. The summed E-state index contributed by atoms with van der Waals surface area (Å²) in [4.78, 5) is 4.02. The molecule has 0 N–H and O–H groups in total. The lowest BCUT2D eigenvalue weighted by atomic mass is 10.3. The van der Waals surface area contributed by atoms with Gasteiger partial charge in [-0.1, -0.05) is 6.08 Å². The van der Waals surface area contributed by atoms with Crippen molar-refractivity contribution in [1.29, 1.82) is 0 Å². The molecule has 0 spiro atoms. The smallest absolute Gasteiger partial charge is 0.0344 e. The first-order valence-electron chi connectivity index (χ1n) is 2.55. The van der Waals surface area contributed by atoms with Crippen LogP contribution in [0.4, 0.5) is 0 Å². The third-order valence-electron chi connectivity index (χ3n) is 1.16. The van der Waals surface area contributed by atoms with Gasteiger partial charge in [-0.25, -0.2) is 0 Å². The summed E-state index contributed by atoms with van der Waals surface area (Å²) >= 11 is 0. The maximum atomic E-state index is 4.02. The third kappa shape index (κ3) is 0.889. The third-order valence-corrected chi connectivity index (χ3v) is 1.16. The van der Waals surface area contributed by atoms with Gasteiger partial charge in [0.25, 0.3) is 0 Å². The molecule has 0 aromatic heterocycles. The van der Waals surface area contributed by atoms with Gasteiger partial charge in [-0.3, -0.25) is 4.99 Å². The van der Waals surface area contributed by atoms with Crippen LogP contribution in [-0.4, -0.2) is 12.8 Å². The van der Waals surface area contributed by atoms with Crippen LogP contribution in [0.25, 0.3) is 0 Å². The van der Waals surface area contributed by atoms with Crippen LogP contribution >= 0.6 is 0 Å². The Bertz CT molecular complexity index is 109. The minimum atomic E-state index is 1.15. The van der Waals surface area contributed by atoms with Gasteiger partial charge in [0.1, 0.15) is 0 Å². The molecule has 1 heteroatoms. The first kappa shape index (κ1) is 4.57. The molecule has 0 bridgehead atoms. The summed E-state index contributed by atoms with van der Waals surface area (Å²) in [6, 6.07) is 0. The predicted molar refractivity (Wildman–Crippen MR) is 31.7 cm³/mol. The minimum absolute atomic E-state index is 1.15. The predicted octanol–water partition coefficient (Wildman–Crippen LogP) is 1.41. The fourth-order valence-electron chi connectivity index (χ4n) is 0.720. The lowest BCUT2D eigenvalue weighted by Crippen LogP contribution is -1.82. The molecule has 38 valence electrons. The fraction of sp³-hybridized carbons (Fsp3) is 0.500. The Labute approximate surface area is 43.8 Å². The van der Waals surface area contributed by atoms with Crippen molar-refractivity contribution in [1.82, 2.24) is 0 Å². The minimum Gasteiger partial charge on any atom is -0.293 e. The van der Waals surface area contributed by atoms with E-state index in [1.807, 2.05) is 7.05 Å². The van der Waals surface area contributed by atoms with E-state index in [1.165, 1.54) is 12.1 Å². The molecule has 0 saturated carbocycles. The molecule has 1 nitrogen and oxygen atoms in total. The van der Waals surface area contributed by atoms with Crippen molar-refractivity contribution in [2.75, 3.05) is 7.05 Å². The van der Waals surface area contributed by atoms with Gasteiger partial charge in [-0.15, -0.1) is 0 Å².